The van der Waals surface area contributed by atoms with Gasteiger partial charge in [0.1, 0.15) is 0 Å². The first-order valence-electron chi connectivity index (χ1n) is 3.49. The first-order valence-corrected chi connectivity index (χ1v) is 3.49. The lowest BCUT2D eigenvalue weighted by Gasteiger charge is -2.16. The van der Waals surface area contributed by atoms with Crippen LogP contribution in [0.15, 0.2) is 0 Å². The van der Waals surface area contributed by atoms with Crippen molar-refractivity contribution in [2.45, 2.75) is 0 Å². The Kier molecular flexibility index (Phi) is 4.45. The lowest BCUT2D eigenvalue weighted by molar-refractivity contribution is -0.124. The lowest BCUT2D eigenvalue weighted by Crippen LogP contribution is -2.43. The molecule has 3 amide bonds. The van der Waals surface area contributed by atoms with Crippen LogP contribution < -0.4 is 17.2 Å². The van der Waals surface area contributed by atoms with Gasteiger partial charge in [-0.05, 0) is 0 Å². The van der Waals surface area contributed by atoms with Crippen LogP contribution >= 0.6 is 0 Å². The SMILES string of the molecule is NC(=O)CN(CC(N)=O)CC(N)=O. The van der Waals surface area contributed by atoms with E-state index in [1.807, 2.05) is 0 Å². The largest absolute Gasteiger partial charge is 0.369 e. The number of nitrogens with zero attached hydrogens (tertiary/aromatic N) is 1. The van der Waals surface area contributed by atoms with E-state index in [1.54, 1.807) is 0 Å². The third-order valence-electron chi connectivity index (χ3n) is 1.14. The minimum atomic E-state index is -0.650. The second-order valence-corrected chi connectivity index (χ2v) is 2.54. The van der Waals surface area contributed by atoms with Gasteiger partial charge in [-0.2, -0.15) is 0 Å². The van der Waals surface area contributed by atoms with E-state index in [0.29, 0.717) is 0 Å². The Morgan fingerprint density at radius 3 is 1.15 bits per heavy atom. The number of nitrogens with two attached hydrogens (primary N) is 3. The van der Waals surface area contributed by atoms with Gasteiger partial charge in [0.25, 0.3) is 0 Å². The van der Waals surface area contributed by atoms with E-state index in [-0.39, 0.29) is 19.6 Å². The van der Waals surface area contributed by atoms with Crippen molar-refractivity contribution >= 4 is 17.7 Å². The molecule has 0 aliphatic rings. The highest BCUT2D eigenvalue weighted by Crippen LogP contribution is 1.85. The Labute approximate surface area is 74.8 Å². The normalized spacial score (nSPS) is 9.92. The monoisotopic (exact) mass is 188 g/mol. The van der Waals surface area contributed by atoms with E-state index in [0.717, 1.165) is 0 Å². The molecule has 0 aromatic rings. The van der Waals surface area contributed by atoms with Gasteiger partial charge in [0.15, 0.2) is 0 Å². The fourth-order valence-corrected chi connectivity index (χ4v) is 0.829. The van der Waals surface area contributed by atoms with Crippen molar-refractivity contribution in [1.29, 1.82) is 0 Å². The summed E-state index contributed by atoms with van der Waals surface area (Å²) in [5.74, 6) is -1.95. The molecule has 13 heavy (non-hydrogen) atoms. The second kappa shape index (κ2) is 5.09. The van der Waals surface area contributed by atoms with Gasteiger partial charge in [0, 0.05) is 0 Å². The van der Waals surface area contributed by atoms with E-state index in [4.69, 9.17) is 17.2 Å². The molecular formula is C6H12N4O3. The minimum absolute atomic E-state index is 0.216. The third kappa shape index (κ3) is 6.76. The van der Waals surface area contributed by atoms with Crippen LogP contribution in [0.2, 0.25) is 0 Å². The molecule has 0 heterocycles. The molecule has 0 fully saturated rings. The molecule has 0 spiro atoms. The van der Waals surface area contributed by atoms with Crippen LogP contribution in [0.5, 0.6) is 0 Å². The summed E-state index contributed by atoms with van der Waals surface area (Å²) in [5.41, 5.74) is 14.6. The Morgan fingerprint density at radius 2 is 1.00 bits per heavy atom. The van der Waals surface area contributed by atoms with Crippen molar-refractivity contribution < 1.29 is 14.4 Å². The van der Waals surface area contributed by atoms with Crippen LogP contribution in [-0.4, -0.2) is 42.3 Å². The van der Waals surface area contributed by atoms with Gasteiger partial charge >= 0.3 is 0 Å². The average Bonchev–Trinajstić information content (AvgIpc) is 1.80. The average molecular weight is 188 g/mol. The van der Waals surface area contributed by atoms with E-state index in [9.17, 15) is 14.4 Å². The van der Waals surface area contributed by atoms with Gasteiger partial charge in [0.05, 0.1) is 19.6 Å². The molecule has 7 nitrogen and oxygen atoms in total. The first-order chi connectivity index (χ1) is 5.91. The van der Waals surface area contributed by atoms with Gasteiger partial charge < -0.3 is 17.2 Å². The summed E-state index contributed by atoms with van der Waals surface area (Å²) in [6.07, 6.45) is 0. The summed E-state index contributed by atoms with van der Waals surface area (Å²) in [7, 11) is 0. The molecule has 0 saturated carbocycles. The summed E-state index contributed by atoms with van der Waals surface area (Å²) in [5, 5.41) is 0. The topological polar surface area (TPSA) is 133 Å². The molecule has 0 radical (unpaired) electrons. The number of carbonyl (C=O) groups is 3. The highest BCUT2D eigenvalue weighted by atomic mass is 16.2. The van der Waals surface area contributed by atoms with E-state index in [1.165, 1.54) is 4.90 Å². The van der Waals surface area contributed by atoms with Gasteiger partial charge in [-0.25, -0.2) is 0 Å². The third-order valence-corrected chi connectivity index (χ3v) is 1.14. The lowest BCUT2D eigenvalue weighted by atomic mass is 10.4. The molecule has 0 aromatic heterocycles. The van der Waals surface area contributed by atoms with Crippen LogP contribution in [0.4, 0.5) is 0 Å². The quantitative estimate of drug-likeness (QED) is 0.403. The number of carbonyl (C=O) groups excluding carboxylic acids is 3. The Hall–Kier alpha value is -1.63. The maximum Gasteiger partial charge on any atom is 0.231 e. The van der Waals surface area contributed by atoms with Crippen molar-refractivity contribution in [3.05, 3.63) is 0 Å². The van der Waals surface area contributed by atoms with Crippen LogP contribution in [0, 0.1) is 0 Å². The fourth-order valence-electron chi connectivity index (χ4n) is 0.829. The molecule has 0 rings (SSSR count). The number of hydrogen-bond acceptors (Lipinski definition) is 4. The van der Waals surface area contributed by atoms with Gasteiger partial charge in [-0.1, -0.05) is 0 Å². The second-order valence-electron chi connectivity index (χ2n) is 2.54. The van der Waals surface area contributed by atoms with Crippen molar-refractivity contribution in [3.63, 3.8) is 0 Å². The molecule has 6 N–H and O–H groups in total. The number of primary amides is 3. The Morgan fingerprint density at radius 1 is 0.769 bits per heavy atom. The predicted molar refractivity (Wildman–Crippen MR) is 44.0 cm³/mol. The number of rotatable bonds is 6. The number of hydrogen-bond donors (Lipinski definition) is 3. The fraction of sp³-hybridized carbons (Fsp3) is 0.500. The molecule has 0 aliphatic heterocycles. The van der Waals surface area contributed by atoms with Gasteiger partial charge in [-0.15, -0.1) is 0 Å². The molecule has 0 saturated heterocycles. The Bertz CT molecular complexity index is 190. The minimum Gasteiger partial charge on any atom is -0.369 e. The first kappa shape index (κ1) is 11.4. The van der Waals surface area contributed by atoms with Gasteiger partial charge in [-0.3, -0.25) is 19.3 Å². The number of amides is 3. The zero-order valence-electron chi connectivity index (χ0n) is 7.03. The highest BCUT2D eigenvalue weighted by molar-refractivity contribution is 5.82. The van der Waals surface area contributed by atoms with E-state index >= 15 is 0 Å². The van der Waals surface area contributed by atoms with Crippen LogP contribution in [0.25, 0.3) is 0 Å². The van der Waals surface area contributed by atoms with E-state index < -0.39 is 17.7 Å². The standard InChI is InChI=1S/C6H12N4O3/c7-4(11)1-10(2-5(8)12)3-6(9)13/h1-3H2,(H2,7,11)(H2,8,12)(H2,9,13). The summed E-state index contributed by atoms with van der Waals surface area (Å²) in [6, 6.07) is 0. The summed E-state index contributed by atoms with van der Waals surface area (Å²) < 4.78 is 0. The molecule has 7 heteroatoms. The maximum absolute atomic E-state index is 10.4. The van der Waals surface area contributed by atoms with Crippen LogP contribution in [0.3, 0.4) is 0 Å². The zero-order chi connectivity index (χ0) is 10.4. The van der Waals surface area contributed by atoms with E-state index in [2.05, 4.69) is 0 Å². The predicted octanol–water partition coefficient (Wildman–Crippen LogP) is -3.26. The molecular weight excluding hydrogens is 176 g/mol. The summed E-state index contributed by atoms with van der Waals surface area (Å²) in [4.78, 5) is 32.5. The van der Waals surface area contributed by atoms with Crippen molar-refractivity contribution in [1.82, 2.24) is 4.90 Å². The summed E-state index contributed by atoms with van der Waals surface area (Å²) >= 11 is 0. The van der Waals surface area contributed by atoms with Crippen LogP contribution in [0.1, 0.15) is 0 Å². The van der Waals surface area contributed by atoms with Crippen molar-refractivity contribution in [3.8, 4) is 0 Å². The molecule has 0 aromatic carbocycles. The van der Waals surface area contributed by atoms with Crippen molar-refractivity contribution in [2.75, 3.05) is 19.6 Å². The molecule has 0 bridgehead atoms. The maximum atomic E-state index is 10.4. The summed E-state index contributed by atoms with van der Waals surface area (Å²) in [6.45, 7) is -0.649. The Balaban J connectivity index is 4.10. The highest BCUT2D eigenvalue weighted by Gasteiger charge is 2.12. The zero-order valence-corrected chi connectivity index (χ0v) is 7.03. The van der Waals surface area contributed by atoms with Crippen molar-refractivity contribution in [2.24, 2.45) is 17.2 Å². The van der Waals surface area contributed by atoms with Gasteiger partial charge in [0.2, 0.25) is 17.7 Å². The molecule has 74 valence electrons. The molecule has 0 unspecified atom stereocenters. The van der Waals surface area contributed by atoms with Crippen LogP contribution in [-0.2, 0) is 14.4 Å². The molecule has 0 atom stereocenters. The molecule has 0 aliphatic carbocycles. The smallest absolute Gasteiger partial charge is 0.231 e.